The molecule has 0 aliphatic carbocycles. The fourth-order valence-corrected chi connectivity index (χ4v) is 1.19. The van der Waals surface area contributed by atoms with Gasteiger partial charge < -0.3 is 16.2 Å². The highest BCUT2D eigenvalue weighted by Crippen LogP contribution is 2.20. The van der Waals surface area contributed by atoms with Crippen molar-refractivity contribution in [2.24, 2.45) is 0 Å². The maximum absolute atomic E-state index is 8.69. The van der Waals surface area contributed by atoms with Crippen LogP contribution in [-0.4, -0.2) is 28.2 Å². The molecule has 1 aromatic rings. The van der Waals surface area contributed by atoms with Crippen molar-refractivity contribution in [1.29, 1.82) is 0 Å². The van der Waals surface area contributed by atoms with E-state index >= 15 is 0 Å². The van der Waals surface area contributed by atoms with E-state index in [9.17, 15) is 0 Å². The molecule has 0 fully saturated rings. The molecule has 0 spiro atoms. The summed E-state index contributed by atoms with van der Waals surface area (Å²) in [7, 11) is 0. The van der Waals surface area contributed by atoms with Crippen LogP contribution in [0.5, 0.6) is 0 Å². The maximum Gasteiger partial charge on any atom is 0.138 e. The summed E-state index contributed by atoms with van der Waals surface area (Å²) in [6.07, 6.45) is 0.689. The lowest BCUT2D eigenvalue weighted by Gasteiger charge is -2.18. The highest BCUT2D eigenvalue weighted by Gasteiger charge is 2.18. The monoisotopic (exact) mass is 224 g/mol. The molecule has 0 atom stereocenters. The number of nitrogens with zero attached hydrogens (tertiary/aromatic N) is 2. The van der Waals surface area contributed by atoms with Crippen LogP contribution < -0.4 is 11.1 Å². The van der Waals surface area contributed by atoms with Gasteiger partial charge in [0.2, 0.25) is 0 Å². The summed E-state index contributed by atoms with van der Waals surface area (Å²) < 4.78 is 0. The van der Waals surface area contributed by atoms with E-state index in [1.807, 2.05) is 20.8 Å². The molecule has 0 aliphatic rings. The van der Waals surface area contributed by atoms with E-state index in [0.29, 0.717) is 24.6 Å². The second-order valence-electron chi connectivity index (χ2n) is 4.76. The molecule has 5 heteroatoms. The Morgan fingerprint density at radius 2 is 2.06 bits per heavy atom. The van der Waals surface area contributed by atoms with Crippen LogP contribution in [0.2, 0.25) is 0 Å². The molecule has 16 heavy (non-hydrogen) atoms. The summed E-state index contributed by atoms with van der Waals surface area (Å²) in [5.74, 6) is 1.90. The summed E-state index contributed by atoms with van der Waals surface area (Å²) in [5.41, 5.74) is 5.60. The summed E-state index contributed by atoms with van der Waals surface area (Å²) in [6, 6.07) is 1.70. The zero-order valence-corrected chi connectivity index (χ0v) is 10.1. The third-order valence-corrected chi connectivity index (χ3v) is 2.06. The number of hydrogen-bond acceptors (Lipinski definition) is 5. The zero-order valence-electron chi connectivity index (χ0n) is 10.1. The molecular formula is C11H20N4O. The van der Waals surface area contributed by atoms with Gasteiger partial charge in [0.15, 0.2) is 0 Å². The average molecular weight is 224 g/mol. The van der Waals surface area contributed by atoms with Gasteiger partial charge in [0, 0.05) is 24.6 Å². The Bertz CT molecular complexity index is 346. The van der Waals surface area contributed by atoms with Crippen molar-refractivity contribution in [1.82, 2.24) is 9.97 Å². The largest absolute Gasteiger partial charge is 0.396 e. The molecule has 0 radical (unpaired) electrons. The van der Waals surface area contributed by atoms with Gasteiger partial charge in [-0.25, -0.2) is 9.97 Å². The average Bonchev–Trinajstić information content (AvgIpc) is 2.16. The van der Waals surface area contributed by atoms with E-state index in [2.05, 4.69) is 15.3 Å². The molecule has 0 saturated heterocycles. The first-order valence-electron chi connectivity index (χ1n) is 5.43. The Balaban J connectivity index is 2.82. The van der Waals surface area contributed by atoms with E-state index in [-0.39, 0.29) is 12.0 Å². The Morgan fingerprint density at radius 1 is 1.38 bits per heavy atom. The van der Waals surface area contributed by atoms with E-state index in [0.717, 1.165) is 5.82 Å². The van der Waals surface area contributed by atoms with Crippen LogP contribution in [0.4, 0.5) is 11.6 Å². The molecule has 90 valence electrons. The normalized spacial score (nSPS) is 11.5. The molecule has 4 N–H and O–H groups in total. The van der Waals surface area contributed by atoms with Crippen LogP contribution in [0.3, 0.4) is 0 Å². The number of aliphatic hydroxyl groups is 1. The number of rotatable bonds is 4. The second kappa shape index (κ2) is 5.12. The third-order valence-electron chi connectivity index (χ3n) is 2.06. The van der Waals surface area contributed by atoms with Crippen LogP contribution in [-0.2, 0) is 5.41 Å². The first-order valence-corrected chi connectivity index (χ1v) is 5.43. The number of aliphatic hydroxyl groups excluding tert-OH is 1. The van der Waals surface area contributed by atoms with E-state index < -0.39 is 0 Å². The predicted molar refractivity (Wildman–Crippen MR) is 65.3 cm³/mol. The summed E-state index contributed by atoms with van der Waals surface area (Å²) in [4.78, 5) is 8.60. The molecule has 0 saturated carbocycles. The van der Waals surface area contributed by atoms with Gasteiger partial charge in [-0.05, 0) is 6.42 Å². The predicted octanol–water partition coefficient (Wildman–Crippen LogP) is 1.15. The first kappa shape index (κ1) is 12.7. The van der Waals surface area contributed by atoms with Gasteiger partial charge in [-0.2, -0.15) is 0 Å². The molecule has 5 nitrogen and oxygen atoms in total. The van der Waals surface area contributed by atoms with Crippen LogP contribution in [0, 0.1) is 0 Å². The lowest BCUT2D eigenvalue weighted by molar-refractivity contribution is 0.292. The van der Waals surface area contributed by atoms with Gasteiger partial charge in [0.05, 0.1) is 0 Å². The van der Waals surface area contributed by atoms with Crippen molar-refractivity contribution < 1.29 is 5.11 Å². The van der Waals surface area contributed by atoms with E-state index in [1.165, 1.54) is 0 Å². The van der Waals surface area contributed by atoms with E-state index in [4.69, 9.17) is 10.8 Å². The topological polar surface area (TPSA) is 84.1 Å². The van der Waals surface area contributed by atoms with Crippen LogP contribution >= 0.6 is 0 Å². The van der Waals surface area contributed by atoms with Crippen molar-refractivity contribution >= 4 is 11.6 Å². The molecule has 0 aromatic carbocycles. The maximum atomic E-state index is 8.69. The highest BCUT2D eigenvalue weighted by atomic mass is 16.3. The van der Waals surface area contributed by atoms with Gasteiger partial charge in [-0.15, -0.1) is 0 Å². The van der Waals surface area contributed by atoms with Gasteiger partial charge in [0.1, 0.15) is 17.5 Å². The highest BCUT2D eigenvalue weighted by molar-refractivity contribution is 5.45. The number of anilines is 2. The number of nitrogens with two attached hydrogens (primary N) is 1. The van der Waals surface area contributed by atoms with E-state index in [1.54, 1.807) is 6.07 Å². The molecular weight excluding hydrogens is 204 g/mol. The van der Waals surface area contributed by atoms with Crippen molar-refractivity contribution in [2.75, 3.05) is 24.2 Å². The fourth-order valence-electron chi connectivity index (χ4n) is 1.19. The molecule has 0 aliphatic heterocycles. The standard InChI is InChI=1S/C11H20N4O/c1-11(2,3)10-14-8(12)7-9(15-10)13-5-4-6-16/h7,16H,4-6H2,1-3H3,(H3,12,13,14,15). The van der Waals surface area contributed by atoms with Gasteiger partial charge in [-0.3, -0.25) is 0 Å². The Labute approximate surface area is 96.1 Å². The molecule has 0 bridgehead atoms. The SMILES string of the molecule is CC(C)(C)c1nc(N)cc(NCCCO)n1. The van der Waals surface area contributed by atoms with Crippen LogP contribution in [0.1, 0.15) is 33.0 Å². The van der Waals surface area contributed by atoms with Crippen LogP contribution in [0.25, 0.3) is 0 Å². The first-order chi connectivity index (χ1) is 7.43. The summed E-state index contributed by atoms with van der Waals surface area (Å²) >= 11 is 0. The molecule has 1 heterocycles. The minimum atomic E-state index is -0.122. The Kier molecular flexibility index (Phi) is 4.06. The van der Waals surface area contributed by atoms with Gasteiger partial charge in [0.25, 0.3) is 0 Å². The second-order valence-corrected chi connectivity index (χ2v) is 4.76. The van der Waals surface area contributed by atoms with Crippen LogP contribution in [0.15, 0.2) is 6.07 Å². The number of hydrogen-bond donors (Lipinski definition) is 3. The summed E-state index contributed by atoms with van der Waals surface area (Å²) in [6.45, 7) is 6.97. The minimum absolute atomic E-state index is 0.122. The van der Waals surface area contributed by atoms with Crippen molar-refractivity contribution in [3.05, 3.63) is 11.9 Å². The molecule has 0 unspecified atom stereocenters. The van der Waals surface area contributed by atoms with Gasteiger partial charge in [-0.1, -0.05) is 20.8 Å². The smallest absolute Gasteiger partial charge is 0.138 e. The lowest BCUT2D eigenvalue weighted by Crippen LogP contribution is -2.18. The zero-order chi connectivity index (χ0) is 12.2. The molecule has 1 rings (SSSR count). The number of nitrogens with one attached hydrogen (secondary N) is 1. The van der Waals surface area contributed by atoms with Crippen molar-refractivity contribution in [3.63, 3.8) is 0 Å². The molecule has 0 amide bonds. The van der Waals surface area contributed by atoms with Gasteiger partial charge >= 0.3 is 0 Å². The number of aromatic nitrogens is 2. The number of nitrogen functional groups attached to an aromatic ring is 1. The third kappa shape index (κ3) is 3.66. The summed E-state index contributed by atoms with van der Waals surface area (Å²) in [5, 5.41) is 11.8. The lowest BCUT2D eigenvalue weighted by atomic mass is 9.96. The quantitative estimate of drug-likeness (QED) is 0.668. The Hall–Kier alpha value is -1.36. The van der Waals surface area contributed by atoms with Crippen molar-refractivity contribution in [2.45, 2.75) is 32.6 Å². The van der Waals surface area contributed by atoms with Crippen molar-refractivity contribution in [3.8, 4) is 0 Å². The minimum Gasteiger partial charge on any atom is -0.396 e. The fraction of sp³-hybridized carbons (Fsp3) is 0.636. The molecule has 1 aromatic heterocycles. The Morgan fingerprint density at radius 3 is 2.62 bits per heavy atom.